The molecule has 0 spiro atoms. The largest absolute Gasteiger partial charge is 0.340 e. The maximum atomic E-state index is 12.1. The second-order valence-electron chi connectivity index (χ2n) is 4.95. The van der Waals surface area contributed by atoms with E-state index in [9.17, 15) is 4.79 Å². The number of amides is 1. The molecule has 0 unspecified atom stereocenters. The average molecular weight is 235 g/mol. The predicted octanol–water partition coefficient (Wildman–Crippen LogP) is 1.75. The van der Waals surface area contributed by atoms with Crippen molar-refractivity contribution < 1.29 is 4.79 Å². The van der Waals surface area contributed by atoms with Gasteiger partial charge in [0.05, 0.1) is 6.20 Å². The zero-order valence-corrected chi connectivity index (χ0v) is 10.7. The Labute approximate surface area is 103 Å². The van der Waals surface area contributed by atoms with E-state index in [-0.39, 0.29) is 0 Å². The van der Waals surface area contributed by atoms with Gasteiger partial charge in [0.15, 0.2) is 0 Å². The number of piperidine rings is 1. The molecule has 4 nitrogen and oxygen atoms in total. The molecule has 0 bridgehead atoms. The van der Waals surface area contributed by atoms with Crippen molar-refractivity contribution in [1.82, 2.24) is 14.7 Å². The highest BCUT2D eigenvalue weighted by atomic mass is 16.2. The highest BCUT2D eigenvalue weighted by Gasteiger charge is 2.22. The maximum Gasteiger partial charge on any atom is 0.223 e. The Hall–Kier alpha value is -1.32. The third kappa shape index (κ3) is 3.08. The number of aryl methyl sites for hydroxylation is 2. The van der Waals surface area contributed by atoms with E-state index in [2.05, 4.69) is 12.0 Å². The van der Waals surface area contributed by atoms with Crippen LogP contribution in [0.25, 0.3) is 0 Å². The van der Waals surface area contributed by atoms with Crippen molar-refractivity contribution in [1.29, 1.82) is 0 Å². The summed E-state index contributed by atoms with van der Waals surface area (Å²) in [6.07, 6.45) is 8.79. The van der Waals surface area contributed by atoms with Crippen molar-refractivity contribution in [2.75, 3.05) is 6.54 Å². The minimum atomic E-state index is 0.293. The van der Waals surface area contributed by atoms with Crippen LogP contribution >= 0.6 is 0 Å². The fourth-order valence-corrected chi connectivity index (χ4v) is 2.46. The molecule has 1 aliphatic rings. The van der Waals surface area contributed by atoms with E-state index in [0.717, 1.165) is 31.4 Å². The predicted molar refractivity (Wildman–Crippen MR) is 66.6 cm³/mol. The smallest absolute Gasteiger partial charge is 0.223 e. The van der Waals surface area contributed by atoms with Gasteiger partial charge in [0, 0.05) is 32.3 Å². The number of carbonyl (C=O) groups excluding carboxylic acids is 1. The Morgan fingerprint density at radius 3 is 3.00 bits per heavy atom. The Balaban J connectivity index is 1.84. The van der Waals surface area contributed by atoms with Gasteiger partial charge in [-0.25, -0.2) is 0 Å². The topological polar surface area (TPSA) is 38.1 Å². The molecule has 0 aromatic carbocycles. The van der Waals surface area contributed by atoms with Crippen molar-refractivity contribution in [3.8, 4) is 0 Å². The summed E-state index contributed by atoms with van der Waals surface area (Å²) in [7, 11) is 1.90. The van der Waals surface area contributed by atoms with Crippen molar-refractivity contribution in [3.63, 3.8) is 0 Å². The summed E-state index contributed by atoms with van der Waals surface area (Å²) in [5.41, 5.74) is 1.14. The highest BCUT2D eigenvalue weighted by molar-refractivity contribution is 5.76. The van der Waals surface area contributed by atoms with Crippen LogP contribution in [0.15, 0.2) is 12.4 Å². The fraction of sp³-hybridized carbons (Fsp3) is 0.692. The van der Waals surface area contributed by atoms with E-state index in [1.807, 2.05) is 24.3 Å². The maximum absolute atomic E-state index is 12.1. The van der Waals surface area contributed by atoms with E-state index in [1.165, 1.54) is 6.42 Å². The summed E-state index contributed by atoms with van der Waals surface area (Å²) in [6, 6.07) is 0.421. The molecule has 0 aliphatic carbocycles. The molecule has 2 rings (SSSR count). The van der Waals surface area contributed by atoms with E-state index in [0.29, 0.717) is 18.4 Å². The number of hydrogen-bond donors (Lipinski definition) is 0. The lowest BCUT2D eigenvalue weighted by molar-refractivity contribution is -0.134. The van der Waals surface area contributed by atoms with E-state index in [4.69, 9.17) is 0 Å². The van der Waals surface area contributed by atoms with Gasteiger partial charge in [0.1, 0.15) is 0 Å². The number of nitrogens with zero attached hydrogens (tertiary/aromatic N) is 3. The quantitative estimate of drug-likeness (QED) is 0.800. The second-order valence-corrected chi connectivity index (χ2v) is 4.95. The first-order valence-electron chi connectivity index (χ1n) is 6.44. The van der Waals surface area contributed by atoms with Crippen LogP contribution in [0.4, 0.5) is 0 Å². The summed E-state index contributed by atoms with van der Waals surface area (Å²) in [4.78, 5) is 14.1. The van der Waals surface area contributed by atoms with Crippen LogP contribution in [-0.4, -0.2) is 33.2 Å². The molecule has 94 valence electrons. The van der Waals surface area contributed by atoms with Gasteiger partial charge in [-0.1, -0.05) is 0 Å². The van der Waals surface area contributed by atoms with Crippen LogP contribution in [0.5, 0.6) is 0 Å². The van der Waals surface area contributed by atoms with Crippen LogP contribution in [-0.2, 0) is 18.3 Å². The van der Waals surface area contributed by atoms with Gasteiger partial charge < -0.3 is 4.90 Å². The van der Waals surface area contributed by atoms with Crippen LogP contribution in [0.3, 0.4) is 0 Å². The zero-order chi connectivity index (χ0) is 12.3. The van der Waals surface area contributed by atoms with Gasteiger partial charge in [-0.15, -0.1) is 0 Å². The molecule has 4 heteroatoms. The molecule has 1 saturated heterocycles. The lowest BCUT2D eigenvalue weighted by Crippen LogP contribution is -2.42. The van der Waals surface area contributed by atoms with Gasteiger partial charge in [-0.05, 0) is 38.2 Å². The number of likely N-dealkylation sites (tertiary alicyclic amines) is 1. The van der Waals surface area contributed by atoms with Gasteiger partial charge in [-0.3, -0.25) is 9.48 Å². The Bertz CT molecular complexity index is 386. The molecular weight excluding hydrogens is 214 g/mol. The van der Waals surface area contributed by atoms with Gasteiger partial charge in [0.25, 0.3) is 0 Å². The monoisotopic (exact) mass is 235 g/mol. The summed E-state index contributed by atoms with van der Waals surface area (Å²) in [6.45, 7) is 3.09. The first-order valence-corrected chi connectivity index (χ1v) is 6.44. The minimum absolute atomic E-state index is 0.293. The van der Waals surface area contributed by atoms with Crippen LogP contribution in [0, 0.1) is 0 Å². The first kappa shape index (κ1) is 12.1. The van der Waals surface area contributed by atoms with Gasteiger partial charge >= 0.3 is 0 Å². The van der Waals surface area contributed by atoms with Crippen molar-refractivity contribution in [2.45, 2.75) is 45.1 Å². The first-order chi connectivity index (χ1) is 8.16. The molecule has 1 aliphatic heterocycles. The van der Waals surface area contributed by atoms with Gasteiger partial charge in [0.2, 0.25) is 5.91 Å². The zero-order valence-electron chi connectivity index (χ0n) is 10.7. The van der Waals surface area contributed by atoms with Gasteiger partial charge in [-0.2, -0.15) is 5.10 Å². The summed E-state index contributed by atoms with van der Waals surface area (Å²) < 4.78 is 1.78. The SMILES string of the molecule is C[C@H]1CCCCN1C(=O)CCc1cnn(C)c1. The molecule has 0 saturated carbocycles. The molecule has 1 aromatic heterocycles. The fourth-order valence-electron chi connectivity index (χ4n) is 2.46. The van der Waals surface area contributed by atoms with E-state index in [1.54, 1.807) is 4.68 Å². The Kier molecular flexibility index (Phi) is 3.82. The molecule has 2 heterocycles. The van der Waals surface area contributed by atoms with Crippen LogP contribution in [0.2, 0.25) is 0 Å². The van der Waals surface area contributed by atoms with Crippen LogP contribution < -0.4 is 0 Å². The average Bonchev–Trinajstić information content (AvgIpc) is 2.73. The standard InChI is InChI=1S/C13H21N3O/c1-11-5-3-4-8-16(11)13(17)7-6-12-9-14-15(2)10-12/h9-11H,3-8H2,1-2H3/t11-/m0/s1. The van der Waals surface area contributed by atoms with Crippen LogP contribution in [0.1, 0.15) is 38.2 Å². The second kappa shape index (κ2) is 5.34. The Morgan fingerprint density at radius 1 is 1.53 bits per heavy atom. The summed E-state index contributed by atoms with van der Waals surface area (Å²) in [5, 5.41) is 4.11. The summed E-state index contributed by atoms with van der Waals surface area (Å²) in [5.74, 6) is 0.293. The minimum Gasteiger partial charge on any atom is -0.340 e. The third-order valence-corrected chi connectivity index (χ3v) is 3.51. The number of carbonyl (C=O) groups is 1. The molecule has 1 atom stereocenters. The highest BCUT2D eigenvalue weighted by Crippen LogP contribution is 2.17. The number of hydrogen-bond acceptors (Lipinski definition) is 2. The lowest BCUT2D eigenvalue weighted by atomic mass is 10.0. The van der Waals surface area contributed by atoms with Crippen molar-refractivity contribution >= 4 is 5.91 Å². The molecule has 0 radical (unpaired) electrons. The van der Waals surface area contributed by atoms with Crippen molar-refractivity contribution in [3.05, 3.63) is 18.0 Å². The molecule has 1 aromatic rings. The molecule has 1 fully saturated rings. The normalized spacial score (nSPS) is 20.6. The van der Waals surface area contributed by atoms with Crippen molar-refractivity contribution in [2.24, 2.45) is 7.05 Å². The number of rotatable bonds is 3. The summed E-state index contributed by atoms with van der Waals surface area (Å²) >= 11 is 0. The lowest BCUT2D eigenvalue weighted by Gasteiger charge is -2.33. The van der Waals surface area contributed by atoms with E-state index >= 15 is 0 Å². The number of aromatic nitrogens is 2. The molecule has 0 N–H and O–H groups in total. The molecular formula is C13H21N3O. The third-order valence-electron chi connectivity index (χ3n) is 3.51. The Morgan fingerprint density at radius 2 is 2.35 bits per heavy atom. The molecule has 1 amide bonds. The molecule has 17 heavy (non-hydrogen) atoms. The van der Waals surface area contributed by atoms with E-state index < -0.39 is 0 Å².